The van der Waals surface area contributed by atoms with Crippen LogP contribution < -0.4 is 5.32 Å². The molecule has 3 rings (SSSR count). The Bertz CT molecular complexity index is 418. The highest BCUT2D eigenvalue weighted by atomic mass is 19.1. The van der Waals surface area contributed by atoms with Crippen molar-refractivity contribution >= 4 is 0 Å². The molecule has 1 fully saturated rings. The predicted molar refractivity (Wildman–Crippen MR) is 61.1 cm³/mol. The summed E-state index contributed by atoms with van der Waals surface area (Å²) in [6, 6.07) is 4.87. The molecule has 3 nitrogen and oxygen atoms in total. The zero-order chi connectivity index (χ0) is 11.8. The van der Waals surface area contributed by atoms with Crippen LogP contribution in [0.4, 0.5) is 4.39 Å². The summed E-state index contributed by atoms with van der Waals surface area (Å²) >= 11 is 0. The number of rotatable bonds is 1. The number of halogens is 1. The van der Waals surface area contributed by atoms with Crippen molar-refractivity contribution in [3.8, 4) is 0 Å². The van der Waals surface area contributed by atoms with Crippen LogP contribution in [-0.4, -0.2) is 24.3 Å². The van der Waals surface area contributed by atoms with Crippen molar-refractivity contribution in [1.29, 1.82) is 0 Å². The van der Waals surface area contributed by atoms with Crippen LogP contribution in [-0.2, 0) is 4.74 Å². The van der Waals surface area contributed by atoms with E-state index in [1.165, 1.54) is 12.1 Å². The van der Waals surface area contributed by atoms with Crippen LogP contribution in [0.15, 0.2) is 18.2 Å². The van der Waals surface area contributed by atoms with Crippen LogP contribution in [0.25, 0.3) is 0 Å². The van der Waals surface area contributed by atoms with E-state index < -0.39 is 6.10 Å². The van der Waals surface area contributed by atoms with Crippen LogP contribution in [0.2, 0.25) is 0 Å². The van der Waals surface area contributed by atoms with Gasteiger partial charge in [0.15, 0.2) is 0 Å². The monoisotopic (exact) mass is 237 g/mol. The summed E-state index contributed by atoms with van der Waals surface area (Å²) in [7, 11) is 0. The second-order valence-corrected chi connectivity index (χ2v) is 4.75. The molecule has 2 heterocycles. The molecule has 0 bridgehead atoms. The lowest BCUT2D eigenvalue weighted by atomic mass is 9.91. The van der Waals surface area contributed by atoms with E-state index in [0.29, 0.717) is 5.56 Å². The minimum atomic E-state index is -0.710. The van der Waals surface area contributed by atoms with Gasteiger partial charge in [0.25, 0.3) is 0 Å². The second-order valence-electron chi connectivity index (χ2n) is 4.75. The smallest absolute Gasteiger partial charge is 0.123 e. The molecule has 2 aliphatic rings. The van der Waals surface area contributed by atoms with Gasteiger partial charge in [-0.1, -0.05) is 6.07 Å². The third kappa shape index (κ3) is 1.97. The predicted octanol–water partition coefficient (Wildman–Crippen LogP) is 1.68. The third-order valence-corrected chi connectivity index (χ3v) is 3.61. The summed E-state index contributed by atoms with van der Waals surface area (Å²) in [5.41, 5.74) is 1.60. The van der Waals surface area contributed by atoms with E-state index >= 15 is 0 Å². The molecule has 3 atom stereocenters. The van der Waals surface area contributed by atoms with Crippen molar-refractivity contribution in [3.63, 3.8) is 0 Å². The molecule has 2 N–H and O–H groups in total. The van der Waals surface area contributed by atoms with E-state index in [4.69, 9.17) is 4.74 Å². The number of nitrogens with one attached hydrogen (secondary N) is 1. The molecule has 1 unspecified atom stereocenters. The number of ether oxygens (including phenoxy) is 1. The summed E-state index contributed by atoms with van der Waals surface area (Å²) in [4.78, 5) is 0. The van der Waals surface area contributed by atoms with Gasteiger partial charge in [0, 0.05) is 6.04 Å². The Kier molecular flexibility index (Phi) is 2.86. The molecule has 17 heavy (non-hydrogen) atoms. The Labute approximate surface area is 99.6 Å². The first-order valence-electron chi connectivity index (χ1n) is 6.08. The molecule has 0 aliphatic carbocycles. The fourth-order valence-electron chi connectivity index (χ4n) is 2.77. The van der Waals surface area contributed by atoms with Crippen molar-refractivity contribution in [2.75, 3.05) is 13.2 Å². The first-order valence-corrected chi connectivity index (χ1v) is 6.08. The van der Waals surface area contributed by atoms with Gasteiger partial charge in [-0.05, 0) is 42.6 Å². The Hall–Kier alpha value is -0.970. The van der Waals surface area contributed by atoms with Gasteiger partial charge in [-0.25, -0.2) is 4.39 Å². The van der Waals surface area contributed by atoms with Gasteiger partial charge < -0.3 is 15.2 Å². The van der Waals surface area contributed by atoms with E-state index in [1.807, 2.05) is 0 Å². The van der Waals surface area contributed by atoms with Gasteiger partial charge >= 0.3 is 0 Å². The topological polar surface area (TPSA) is 41.5 Å². The van der Waals surface area contributed by atoms with Gasteiger partial charge in [0.05, 0.1) is 12.7 Å². The lowest BCUT2D eigenvalue weighted by molar-refractivity contribution is -0.0435. The van der Waals surface area contributed by atoms with Crippen molar-refractivity contribution in [2.24, 2.45) is 0 Å². The highest BCUT2D eigenvalue weighted by molar-refractivity contribution is 5.34. The Morgan fingerprint density at radius 1 is 1.35 bits per heavy atom. The summed E-state index contributed by atoms with van der Waals surface area (Å²) in [5, 5.41) is 13.2. The van der Waals surface area contributed by atoms with E-state index in [9.17, 15) is 9.50 Å². The van der Waals surface area contributed by atoms with E-state index in [-0.39, 0.29) is 24.6 Å². The number of hydrogen-bond acceptors (Lipinski definition) is 3. The molecule has 0 spiro atoms. The number of aliphatic hydroxyl groups is 1. The fraction of sp³-hybridized carbons (Fsp3) is 0.538. The van der Waals surface area contributed by atoms with Gasteiger partial charge in [0.1, 0.15) is 11.9 Å². The SMILES string of the molecule is OC1CO[C@@H]([C@@H]2CCCN2)c2ccc(F)cc21. The molecule has 92 valence electrons. The Morgan fingerprint density at radius 2 is 2.24 bits per heavy atom. The lowest BCUT2D eigenvalue weighted by Gasteiger charge is -2.33. The highest BCUT2D eigenvalue weighted by Crippen LogP contribution is 2.36. The minimum Gasteiger partial charge on any atom is -0.386 e. The van der Waals surface area contributed by atoms with Crippen molar-refractivity contribution in [3.05, 3.63) is 35.1 Å². The molecule has 0 saturated carbocycles. The zero-order valence-electron chi connectivity index (χ0n) is 9.53. The zero-order valence-corrected chi connectivity index (χ0v) is 9.53. The summed E-state index contributed by atoms with van der Waals surface area (Å²) < 4.78 is 18.9. The molecule has 0 radical (unpaired) electrons. The summed E-state index contributed by atoms with van der Waals surface area (Å²) in [6.45, 7) is 1.25. The molecular weight excluding hydrogens is 221 g/mol. The Balaban J connectivity index is 1.96. The first kappa shape index (κ1) is 11.1. The maximum atomic E-state index is 13.2. The van der Waals surface area contributed by atoms with Crippen molar-refractivity contribution in [2.45, 2.75) is 31.1 Å². The second kappa shape index (κ2) is 4.37. The molecule has 4 heteroatoms. The standard InChI is InChI=1S/C13H16FNO2/c14-8-3-4-9-10(6-8)12(16)7-17-13(9)11-2-1-5-15-11/h3-4,6,11-13,15-16H,1-2,5,7H2/t11-,12?,13+/m0/s1. The summed E-state index contributed by atoms with van der Waals surface area (Å²) in [5.74, 6) is -0.303. The number of benzene rings is 1. The average Bonchev–Trinajstić information content (AvgIpc) is 2.84. The molecule has 1 aromatic carbocycles. The third-order valence-electron chi connectivity index (χ3n) is 3.61. The molecule has 2 aliphatic heterocycles. The van der Waals surface area contributed by atoms with Gasteiger partial charge in [-0.3, -0.25) is 0 Å². The van der Waals surface area contributed by atoms with Gasteiger partial charge in [-0.15, -0.1) is 0 Å². The minimum absolute atomic E-state index is 0.0588. The number of aliphatic hydroxyl groups excluding tert-OH is 1. The van der Waals surface area contributed by atoms with Crippen molar-refractivity contribution in [1.82, 2.24) is 5.32 Å². The first-order chi connectivity index (χ1) is 8.25. The normalized spacial score (nSPS) is 32.5. The molecule has 1 saturated heterocycles. The van der Waals surface area contributed by atoms with Crippen LogP contribution in [0.3, 0.4) is 0 Å². The number of fused-ring (bicyclic) bond motifs is 1. The van der Waals surface area contributed by atoms with Crippen LogP contribution in [0.5, 0.6) is 0 Å². The van der Waals surface area contributed by atoms with Crippen LogP contribution >= 0.6 is 0 Å². The quantitative estimate of drug-likeness (QED) is 0.781. The number of hydrogen-bond donors (Lipinski definition) is 2. The molecule has 0 amide bonds. The van der Waals surface area contributed by atoms with E-state index in [0.717, 1.165) is 24.9 Å². The van der Waals surface area contributed by atoms with E-state index in [2.05, 4.69) is 5.32 Å². The highest BCUT2D eigenvalue weighted by Gasteiger charge is 2.33. The molecule has 0 aromatic heterocycles. The summed E-state index contributed by atoms with van der Waals surface area (Å²) in [6.07, 6.45) is 1.44. The average molecular weight is 237 g/mol. The van der Waals surface area contributed by atoms with Crippen LogP contribution in [0, 0.1) is 5.82 Å². The lowest BCUT2D eigenvalue weighted by Crippen LogP contribution is -2.35. The molecular formula is C13H16FNO2. The van der Waals surface area contributed by atoms with Gasteiger partial charge in [0.2, 0.25) is 0 Å². The van der Waals surface area contributed by atoms with Crippen molar-refractivity contribution < 1.29 is 14.2 Å². The van der Waals surface area contributed by atoms with E-state index in [1.54, 1.807) is 6.07 Å². The maximum absolute atomic E-state index is 13.2. The van der Waals surface area contributed by atoms with Crippen LogP contribution in [0.1, 0.15) is 36.2 Å². The van der Waals surface area contributed by atoms with Gasteiger partial charge in [-0.2, -0.15) is 0 Å². The fourth-order valence-corrected chi connectivity index (χ4v) is 2.77. The molecule has 1 aromatic rings. The maximum Gasteiger partial charge on any atom is 0.123 e. The Morgan fingerprint density at radius 3 is 3.00 bits per heavy atom. The largest absolute Gasteiger partial charge is 0.386 e.